The molecule has 0 radical (unpaired) electrons. The minimum Gasteiger partial charge on any atom is -0.497 e. The van der Waals surface area contributed by atoms with Crippen molar-refractivity contribution in [1.29, 1.82) is 0 Å². The van der Waals surface area contributed by atoms with E-state index in [1.54, 1.807) is 7.11 Å². The number of carbonyl (C=O) groups is 1. The molecule has 1 amide bonds. The Kier molecular flexibility index (Phi) is 7.27. The van der Waals surface area contributed by atoms with Crippen LogP contribution in [0.1, 0.15) is 23.7 Å². The lowest BCUT2D eigenvalue weighted by atomic mass is 9.99. The first-order valence-corrected chi connectivity index (χ1v) is 10.0. The summed E-state index contributed by atoms with van der Waals surface area (Å²) in [5.41, 5.74) is 5.33. The number of hydrogen-bond donors (Lipinski definition) is 1. The maximum Gasteiger partial charge on any atom is 0.416 e. The van der Waals surface area contributed by atoms with Crippen LogP contribution in [0.15, 0.2) is 48.5 Å². The molecule has 2 N–H and O–H groups in total. The first-order valence-electron chi connectivity index (χ1n) is 10.0. The van der Waals surface area contributed by atoms with Crippen molar-refractivity contribution in [3.05, 3.63) is 59.7 Å². The highest BCUT2D eigenvalue weighted by atomic mass is 19.4. The number of amides is 1. The summed E-state index contributed by atoms with van der Waals surface area (Å²) in [4.78, 5) is 15.7. The summed E-state index contributed by atoms with van der Waals surface area (Å²) in [6, 6.07) is 12.9. The number of ether oxygens (including phenoxy) is 2. The van der Waals surface area contributed by atoms with Gasteiger partial charge in [-0.15, -0.1) is 0 Å². The van der Waals surface area contributed by atoms with Crippen molar-refractivity contribution in [3.63, 3.8) is 0 Å². The molecule has 168 valence electrons. The van der Waals surface area contributed by atoms with E-state index in [1.807, 2.05) is 24.3 Å². The number of carbonyl (C=O) groups excluding carboxylic acids is 1. The van der Waals surface area contributed by atoms with Crippen LogP contribution in [0.2, 0.25) is 0 Å². The molecule has 3 rings (SSSR count). The standard InChI is InChI=1S/C22H26F3N3O3/c1-30-17-8-6-16(7-9-17)28-14-12-27(13-15-28)11-10-20(31-21(26)29)18-4-2-3-5-19(18)22(23,24)25/h2-9,20H,10-15H2,1H3,(H2,26,29). The zero-order valence-electron chi connectivity index (χ0n) is 17.3. The first kappa shape index (κ1) is 22.7. The molecule has 2 aromatic carbocycles. The summed E-state index contributed by atoms with van der Waals surface area (Å²) in [6.07, 6.45) is -6.47. The van der Waals surface area contributed by atoms with E-state index in [2.05, 4.69) is 9.80 Å². The fourth-order valence-electron chi connectivity index (χ4n) is 3.78. The van der Waals surface area contributed by atoms with E-state index in [0.29, 0.717) is 6.54 Å². The second-order valence-electron chi connectivity index (χ2n) is 7.33. The number of alkyl halides is 3. The molecular weight excluding hydrogens is 411 g/mol. The summed E-state index contributed by atoms with van der Waals surface area (Å²) in [5, 5.41) is 0. The van der Waals surface area contributed by atoms with Gasteiger partial charge in [0.2, 0.25) is 0 Å². The Morgan fingerprint density at radius 3 is 2.29 bits per heavy atom. The lowest BCUT2D eigenvalue weighted by Gasteiger charge is -2.36. The van der Waals surface area contributed by atoms with Gasteiger partial charge in [-0.1, -0.05) is 18.2 Å². The Morgan fingerprint density at radius 1 is 1.06 bits per heavy atom. The van der Waals surface area contributed by atoms with Crippen molar-refractivity contribution in [2.24, 2.45) is 5.73 Å². The Hall–Kier alpha value is -2.94. The fourth-order valence-corrected chi connectivity index (χ4v) is 3.78. The molecular formula is C22H26F3N3O3. The van der Waals surface area contributed by atoms with Crippen LogP contribution in [0.4, 0.5) is 23.7 Å². The number of rotatable bonds is 7. The minimum absolute atomic E-state index is 0.0781. The maximum atomic E-state index is 13.4. The van der Waals surface area contributed by atoms with Crippen LogP contribution in [-0.4, -0.2) is 50.8 Å². The summed E-state index contributed by atoms with van der Waals surface area (Å²) in [7, 11) is 1.62. The number of anilines is 1. The van der Waals surface area contributed by atoms with Crippen molar-refractivity contribution in [2.45, 2.75) is 18.7 Å². The number of nitrogens with two attached hydrogens (primary N) is 1. The molecule has 0 aromatic heterocycles. The molecule has 0 aliphatic carbocycles. The third kappa shape index (κ3) is 6.04. The van der Waals surface area contributed by atoms with Gasteiger partial charge in [-0.2, -0.15) is 13.2 Å². The number of primary amides is 1. The van der Waals surface area contributed by atoms with Crippen LogP contribution in [0.3, 0.4) is 0 Å². The third-order valence-electron chi connectivity index (χ3n) is 5.39. The van der Waals surface area contributed by atoms with Gasteiger partial charge in [-0.3, -0.25) is 4.90 Å². The van der Waals surface area contributed by atoms with Crippen LogP contribution >= 0.6 is 0 Å². The second kappa shape index (κ2) is 9.91. The number of nitrogens with zero attached hydrogens (tertiary/aromatic N) is 2. The van der Waals surface area contributed by atoms with Gasteiger partial charge in [-0.25, -0.2) is 4.79 Å². The Morgan fingerprint density at radius 2 is 1.71 bits per heavy atom. The smallest absolute Gasteiger partial charge is 0.416 e. The number of methoxy groups -OCH3 is 1. The largest absolute Gasteiger partial charge is 0.497 e. The molecule has 6 nitrogen and oxygen atoms in total. The lowest BCUT2D eigenvalue weighted by molar-refractivity contribution is -0.139. The SMILES string of the molecule is COc1ccc(N2CCN(CCC(OC(N)=O)c3ccccc3C(F)(F)F)CC2)cc1. The molecule has 0 saturated carbocycles. The molecule has 2 aromatic rings. The van der Waals surface area contributed by atoms with E-state index in [0.717, 1.165) is 43.7 Å². The van der Waals surface area contributed by atoms with Crippen molar-refractivity contribution in [2.75, 3.05) is 44.7 Å². The highest BCUT2D eigenvalue weighted by Gasteiger charge is 2.36. The van der Waals surface area contributed by atoms with Crippen molar-refractivity contribution < 1.29 is 27.4 Å². The van der Waals surface area contributed by atoms with Gasteiger partial charge in [0, 0.05) is 50.4 Å². The van der Waals surface area contributed by atoms with Gasteiger partial charge in [0.1, 0.15) is 11.9 Å². The van der Waals surface area contributed by atoms with Crippen molar-refractivity contribution in [1.82, 2.24) is 4.90 Å². The Bertz CT molecular complexity index is 866. The molecule has 1 heterocycles. The number of benzene rings is 2. The molecule has 1 atom stereocenters. The molecule has 0 bridgehead atoms. The van der Waals surface area contributed by atoms with E-state index >= 15 is 0 Å². The molecule has 1 aliphatic rings. The highest BCUT2D eigenvalue weighted by molar-refractivity contribution is 5.65. The van der Waals surface area contributed by atoms with Gasteiger partial charge in [0.15, 0.2) is 0 Å². The van der Waals surface area contributed by atoms with E-state index in [4.69, 9.17) is 15.2 Å². The maximum absolute atomic E-state index is 13.4. The average Bonchev–Trinajstić information content (AvgIpc) is 2.76. The van der Waals surface area contributed by atoms with Gasteiger partial charge < -0.3 is 20.1 Å². The van der Waals surface area contributed by atoms with Gasteiger partial charge in [0.05, 0.1) is 12.7 Å². The Labute approximate surface area is 179 Å². The van der Waals surface area contributed by atoms with E-state index in [-0.39, 0.29) is 12.0 Å². The van der Waals surface area contributed by atoms with Crippen LogP contribution in [0.5, 0.6) is 5.75 Å². The molecule has 1 saturated heterocycles. The Balaban J connectivity index is 1.61. The van der Waals surface area contributed by atoms with E-state index in [1.165, 1.54) is 18.2 Å². The monoisotopic (exact) mass is 437 g/mol. The van der Waals surface area contributed by atoms with Gasteiger partial charge >= 0.3 is 12.3 Å². The summed E-state index contributed by atoms with van der Waals surface area (Å²) < 4.78 is 50.4. The van der Waals surface area contributed by atoms with Crippen molar-refractivity contribution in [3.8, 4) is 5.75 Å². The van der Waals surface area contributed by atoms with Crippen LogP contribution < -0.4 is 15.4 Å². The lowest BCUT2D eigenvalue weighted by Crippen LogP contribution is -2.46. The average molecular weight is 437 g/mol. The highest BCUT2D eigenvalue weighted by Crippen LogP contribution is 2.36. The zero-order valence-corrected chi connectivity index (χ0v) is 17.3. The number of piperazine rings is 1. The normalized spacial score (nSPS) is 16.1. The predicted octanol–water partition coefficient (Wildman–Crippen LogP) is 4.06. The zero-order chi connectivity index (χ0) is 22.4. The summed E-state index contributed by atoms with van der Waals surface area (Å²) >= 11 is 0. The third-order valence-corrected chi connectivity index (χ3v) is 5.39. The summed E-state index contributed by atoms with van der Waals surface area (Å²) in [6.45, 7) is 3.55. The van der Waals surface area contributed by atoms with Crippen molar-refractivity contribution >= 4 is 11.8 Å². The molecule has 1 unspecified atom stereocenters. The molecule has 31 heavy (non-hydrogen) atoms. The summed E-state index contributed by atoms with van der Waals surface area (Å²) in [5.74, 6) is 0.794. The number of hydrogen-bond acceptors (Lipinski definition) is 5. The van der Waals surface area contributed by atoms with Gasteiger partial charge in [-0.05, 0) is 30.3 Å². The topological polar surface area (TPSA) is 68.0 Å². The van der Waals surface area contributed by atoms with Crippen LogP contribution in [-0.2, 0) is 10.9 Å². The first-order chi connectivity index (χ1) is 14.8. The molecule has 9 heteroatoms. The molecule has 1 fully saturated rings. The van der Waals surface area contributed by atoms with E-state index < -0.39 is 23.9 Å². The quantitative estimate of drug-likeness (QED) is 0.708. The molecule has 0 spiro atoms. The van der Waals surface area contributed by atoms with Crippen LogP contribution in [0, 0.1) is 0 Å². The molecule has 1 aliphatic heterocycles. The van der Waals surface area contributed by atoms with E-state index in [9.17, 15) is 18.0 Å². The minimum atomic E-state index is -4.54. The fraction of sp³-hybridized carbons (Fsp3) is 0.409. The van der Waals surface area contributed by atoms with Crippen LogP contribution in [0.25, 0.3) is 0 Å². The number of halogens is 3. The van der Waals surface area contributed by atoms with Gasteiger partial charge in [0.25, 0.3) is 0 Å². The second-order valence-corrected chi connectivity index (χ2v) is 7.33. The predicted molar refractivity (Wildman–Crippen MR) is 111 cm³/mol.